The third kappa shape index (κ3) is 3.22. The van der Waals surface area contributed by atoms with Crippen molar-refractivity contribution in [2.75, 3.05) is 0 Å². The second kappa shape index (κ2) is 6.00. The van der Waals surface area contributed by atoms with E-state index < -0.39 is 0 Å². The number of rotatable bonds is 4. The van der Waals surface area contributed by atoms with Gasteiger partial charge in [-0.25, -0.2) is 0 Å². The lowest BCUT2D eigenvalue weighted by Gasteiger charge is -2.21. The summed E-state index contributed by atoms with van der Waals surface area (Å²) in [4.78, 5) is 1.36. The van der Waals surface area contributed by atoms with Gasteiger partial charge in [-0.1, -0.05) is 24.3 Å². The second-order valence-corrected chi connectivity index (χ2v) is 7.10. The van der Waals surface area contributed by atoms with Crippen molar-refractivity contribution in [3.8, 4) is 0 Å². The van der Waals surface area contributed by atoms with Crippen molar-refractivity contribution in [3.05, 3.63) is 56.2 Å². The number of aryl methyl sites for hydroxylation is 1. The van der Waals surface area contributed by atoms with E-state index in [-0.39, 0.29) is 0 Å². The Bertz CT molecular complexity index is 521. The van der Waals surface area contributed by atoms with Gasteiger partial charge in [0.05, 0.1) is 3.79 Å². The first-order valence-electron chi connectivity index (χ1n) is 6.14. The highest BCUT2D eigenvalue weighted by atomic mass is 79.9. The molecule has 1 heterocycles. The molecular formula is C15H18BrNS. The predicted octanol–water partition coefficient (Wildman–Crippen LogP) is 5.23. The second-order valence-electron chi connectivity index (χ2n) is 4.61. The quantitative estimate of drug-likeness (QED) is 0.812. The smallest absolute Gasteiger partial charge is 0.0701 e. The first-order valence-corrected chi connectivity index (χ1v) is 7.75. The van der Waals surface area contributed by atoms with Crippen LogP contribution in [0.2, 0.25) is 0 Å². The van der Waals surface area contributed by atoms with Crippen LogP contribution in [0.25, 0.3) is 0 Å². The normalized spacial score (nSPS) is 14.4. The van der Waals surface area contributed by atoms with Gasteiger partial charge in [0.15, 0.2) is 0 Å². The van der Waals surface area contributed by atoms with Crippen LogP contribution in [0.4, 0.5) is 0 Å². The Hall–Kier alpha value is -0.640. The minimum atomic E-state index is 0.363. The summed E-state index contributed by atoms with van der Waals surface area (Å²) < 4.78 is 1.19. The summed E-state index contributed by atoms with van der Waals surface area (Å²) in [5, 5.41) is 3.66. The van der Waals surface area contributed by atoms with E-state index in [0.29, 0.717) is 12.1 Å². The number of halogens is 1. The molecule has 1 nitrogen and oxygen atoms in total. The molecule has 1 N–H and O–H groups in total. The van der Waals surface area contributed by atoms with Crippen molar-refractivity contribution in [1.82, 2.24) is 5.32 Å². The molecule has 0 aliphatic carbocycles. The molecule has 2 aromatic rings. The lowest BCUT2D eigenvalue weighted by atomic mass is 10.0. The Labute approximate surface area is 121 Å². The molecule has 2 unspecified atom stereocenters. The Kier molecular flexibility index (Phi) is 4.60. The monoisotopic (exact) mass is 323 g/mol. The molecule has 0 bridgehead atoms. The zero-order valence-corrected chi connectivity index (χ0v) is 13.3. The number of thiophene rings is 1. The molecule has 0 spiro atoms. The number of nitrogens with one attached hydrogen (secondary N) is 1. The zero-order valence-electron chi connectivity index (χ0n) is 10.9. The Balaban J connectivity index is 2.08. The van der Waals surface area contributed by atoms with Gasteiger partial charge >= 0.3 is 0 Å². The van der Waals surface area contributed by atoms with E-state index in [2.05, 4.69) is 78.4 Å². The maximum Gasteiger partial charge on any atom is 0.0701 e. The fourth-order valence-corrected chi connectivity index (χ4v) is 3.62. The Morgan fingerprint density at radius 3 is 2.39 bits per heavy atom. The highest BCUT2D eigenvalue weighted by Crippen LogP contribution is 2.29. The van der Waals surface area contributed by atoms with Crippen molar-refractivity contribution in [2.45, 2.75) is 32.9 Å². The average molecular weight is 324 g/mol. The lowest BCUT2D eigenvalue weighted by molar-refractivity contribution is 0.498. The summed E-state index contributed by atoms with van der Waals surface area (Å²) in [6, 6.07) is 13.6. The summed E-state index contributed by atoms with van der Waals surface area (Å²) in [5.74, 6) is 0. The Morgan fingerprint density at radius 1 is 1.06 bits per heavy atom. The molecule has 96 valence electrons. The van der Waals surface area contributed by atoms with E-state index in [1.165, 1.54) is 19.8 Å². The lowest BCUT2D eigenvalue weighted by Crippen LogP contribution is -2.22. The van der Waals surface area contributed by atoms with Gasteiger partial charge < -0.3 is 5.32 Å². The van der Waals surface area contributed by atoms with E-state index >= 15 is 0 Å². The molecule has 0 saturated carbocycles. The van der Waals surface area contributed by atoms with E-state index in [1.54, 1.807) is 11.3 Å². The van der Waals surface area contributed by atoms with Crippen molar-refractivity contribution >= 4 is 27.3 Å². The molecule has 0 fully saturated rings. The van der Waals surface area contributed by atoms with E-state index in [1.807, 2.05) is 0 Å². The standard InChI is InChI=1S/C15H18BrNS/c1-10-6-4-5-7-13(10)11(2)17-12(3)14-8-9-15(16)18-14/h4-9,11-12,17H,1-3H3. The van der Waals surface area contributed by atoms with Gasteiger partial charge in [-0.15, -0.1) is 11.3 Å². The molecule has 0 aliphatic heterocycles. The summed E-state index contributed by atoms with van der Waals surface area (Å²) >= 11 is 5.31. The molecule has 18 heavy (non-hydrogen) atoms. The van der Waals surface area contributed by atoms with Crippen molar-refractivity contribution < 1.29 is 0 Å². The van der Waals surface area contributed by atoms with Gasteiger partial charge in [-0.2, -0.15) is 0 Å². The minimum absolute atomic E-state index is 0.363. The Morgan fingerprint density at radius 2 is 1.78 bits per heavy atom. The third-order valence-corrected chi connectivity index (χ3v) is 4.98. The van der Waals surface area contributed by atoms with Gasteiger partial charge in [0.1, 0.15) is 0 Å². The van der Waals surface area contributed by atoms with Crippen LogP contribution in [0.3, 0.4) is 0 Å². The summed E-state index contributed by atoms with van der Waals surface area (Å²) in [6.07, 6.45) is 0. The van der Waals surface area contributed by atoms with Crippen LogP contribution in [0.5, 0.6) is 0 Å². The first kappa shape index (κ1) is 13.8. The largest absolute Gasteiger partial charge is 0.303 e. The van der Waals surface area contributed by atoms with Crippen molar-refractivity contribution in [1.29, 1.82) is 0 Å². The van der Waals surface area contributed by atoms with Gasteiger partial charge in [-0.05, 0) is 60.0 Å². The molecular weight excluding hydrogens is 306 g/mol. The molecule has 0 amide bonds. The van der Waals surface area contributed by atoms with Gasteiger partial charge in [0.25, 0.3) is 0 Å². The van der Waals surface area contributed by atoms with Crippen LogP contribution in [0.1, 0.15) is 41.9 Å². The maximum absolute atomic E-state index is 3.66. The fourth-order valence-electron chi connectivity index (χ4n) is 2.18. The molecule has 1 aromatic heterocycles. The number of hydrogen-bond acceptors (Lipinski definition) is 2. The molecule has 2 atom stereocenters. The maximum atomic E-state index is 3.66. The highest BCUT2D eigenvalue weighted by Gasteiger charge is 2.13. The van der Waals surface area contributed by atoms with Crippen LogP contribution in [-0.2, 0) is 0 Å². The number of benzene rings is 1. The number of hydrogen-bond donors (Lipinski definition) is 1. The van der Waals surface area contributed by atoms with E-state index in [9.17, 15) is 0 Å². The summed E-state index contributed by atoms with van der Waals surface area (Å²) in [7, 11) is 0. The molecule has 2 rings (SSSR count). The molecule has 0 aliphatic rings. The molecule has 1 aromatic carbocycles. The van der Waals surface area contributed by atoms with Crippen molar-refractivity contribution in [3.63, 3.8) is 0 Å². The van der Waals surface area contributed by atoms with Crippen LogP contribution in [0, 0.1) is 6.92 Å². The summed E-state index contributed by atoms with van der Waals surface area (Å²) in [6.45, 7) is 6.61. The highest BCUT2D eigenvalue weighted by molar-refractivity contribution is 9.11. The zero-order chi connectivity index (χ0) is 13.1. The van der Waals surface area contributed by atoms with E-state index in [0.717, 1.165) is 0 Å². The average Bonchev–Trinajstić information content (AvgIpc) is 2.76. The van der Waals surface area contributed by atoms with Gasteiger partial charge in [0, 0.05) is 17.0 Å². The molecule has 3 heteroatoms. The van der Waals surface area contributed by atoms with E-state index in [4.69, 9.17) is 0 Å². The van der Waals surface area contributed by atoms with Gasteiger partial charge in [-0.3, -0.25) is 0 Å². The van der Waals surface area contributed by atoms with Crippen molar-refractivity contribution in [2.24, 2.45) is 0 Å². The molecule has 0 saturated heterocycles. The predicted molar refractivity (Wildman–Crippen MR) is 83.2 cm³/mol. The topological polar surface area (TPSA) is 12.0 Å². The van der Waals surface area contributed by atoms with Crippen LogP contribution >= 0.6 is 27.3 Å². The fraction of sp³-hybridized carbons (Fsp3) is 0.333. The third-order valence-electron chi connectivity index (χ3n) is 3.18. The molecule has 0 radical (unpaired) electrons. The van der Waals surface area contributed by atoms with Crippen LogP contribution in [0.15, 0.2) is 40.2 Å². The van der Waals surface area contributed by atoms with Crippen LogP contribution < -0.4 is 5.32 Å². The first-order chi connectivity index (χ1) is 8.58. The summed E-state index contributed by atoms with van der Waals surface area (Å²) in [5.41, 5.74) is 2.72. The SMILES string of the molecule is Cc1ccccc1C(C)NC(C)c1ccc(Br)s1. The minimum Gasteiger partial charge on any atom is -0.303 e. The van der Waals surface area contributed by atoms with Crippen LogP contribution in [-0.4, -0.2) is 0 Å². The van der Waals surface area contributed by atoms with Gasteiger partial charge in [0.2, 0.25) is 0 Å².